The normalized spacial score (nSPS) is 12.6. The van der Waals surface area contributed by atoms with Gasteiger partial charge < -0.3 is 11.1 Å². The van der Waals surface area contributed by atoms with Crippen molar-refractivity contribution in [2.45, 2.75) is 32.7 Å². The van der Waals surface area contributed by atoms with Gasteiger partial charge in [0.05, 0.1) is 0 Å². The third-order valence-electron chi connectivity index (χ3n) is 2.07. The molecule has 0 saturated heterocycles. The van der Waals surface area contributed by atoms with E-state index in [1.165, 1.54) is 5.56 Å². The molecule has 0 radical (unpaired) electrons. The Balaban J connectivity index is 2.44. The molecule has 1 aromatic carbocycles. The fourth-order valence-corrected chi connectivity index (χ4v) is 1.63. The highest BCUT2D eigenvalue weighted by atomic mass is 35.5. The number of nitrogens with two attached hydrogens (primary N) is 1. The Morgan fingerprint density at radius 3 is 2.71 bits per heavy atom. The molecule has 0 unspecified atom stereocenters. The number of halogens is 1. The van der Waals surface area contributed by atoms with E-state index in [2.05, 4.69) is 10.3 Å². The number of hydrogen-bond acceptors (Lipinski definition) is 1. The fourth-order valence-electron chi connectivity index (χ4n) is 1.42. The first-order chi connectivity index (χ1) is 7.87. The summed E-state index contributed by atoms with van der Waals surface area (Å²) in [4.78, 5) is 4.27. The van der Waals surface area contributed by atoms with Crippen LogP contribution in [0.5, 0.6) is 0 Å². The topological polar surface area (TPSA) is 50.4 Å². The van der Waals surface area contributed by atoms with Crippen molar-refractivity contribution in [2.75, 3.05) is 6.54 Å². The van der Waals surface area contributed by atoms with Crippen molar-refractivity contribution in [2.24, 2.45) is 10.7 Å². The number of benzene rings is 1. The first kappa shape index (κ1) is 13.8. The van der Waals surface area contributed by atoms with Gasteiger partial charge in [0.2, 0.25) is 0 Å². The molecule has 0 bridgehead atoms. The van der Waals surface area contributed by atoms with Crippen LogP contribution in [0.3, 0.4) is 0 Å². The van der Waals surface area contributed by atoms with Crippen LogP contribution < -0.4 is 11.1 Å². The largest absolute Gasteiger partial charge is 0.370 e. The molecule has 0 atom stereocenters. The first-order valence-electron chi connectivity index (χ1n) is 5.69. The maximum atomic E-state index is 5.90. The number of rotatable bonds is 3. The smallest absolute Gasteiger partial charge is 0.188 e. The third kappa shape index (κ3) is 6.17. The first-order valence-corrected chi connectivity index (χ1v) is 6.07. The van der Waals surface area contributed by atoms with E-state index in [9.17, 15) is 0 Å². The van der Waals surface area contributed by atoms with Crippen molar-refractivity contribution < 1.29 is 0 Å². The minimum absolute atomic E-state index is 0.0519. The molecule has 0 amide bonds. The van der Waals surface area contributed by atoms with Crippen molar-refractivity contribution in [3.8, 4) is 0 Å². The summed E-state index contributed by atoms with van der Waals surface area (Å²) in [5, 5.41) is 3.88. The van der Waals surface area contributed by atoms with E-state index in [1.54, 1.807) is 0 Å². The average Bonchev–Trinajstić information content (AvgIpc) is 2.14. The molecule has 4 heteroatoms. The highest BCUT2D eigenvalue weighted by Crippen LogP contribution is 2.10. The van der Waals surface area contributed by atoms with Crippen LogP contribution >= 0.6 is 11.6 Å². The van der Waals surface area contributed by atoms with Gasteiger partial charge in [-0.3, -0.25) is 4.99 Å². The molecular weight excluding hydrogens is 234 g/mol. The van der Waals surface area contributed by atoms with Crippen LogP contribution in [-0.2, 0) is 6.42 Å². The Morgan fingerprint density at radius 1 is 1.41 bits per heavy atom. The average molecular weight is 254 g/mol. The number of nitrogens with zero attached hydrogens (tertiary/aromatic N) is 1. The summed E-state index contributed by atoms with van der Waals surface area (Å²) in [6.45, 7) is 6.81. The van der Waals surface area contributed by atoms with Crippen molar-refractivity contribution >= 4 is 17.6 Å². The van der Waals surface area contributed by atoms with E-state index in [4.69, 9.17) is 17.3 Å². The lowest BCUT2D eigenvalue weighted by Crippen LogP contribution is -2.45. The van der Waals surface area contributed by atoms with Crippen molar-refractivity contribution in [3.63, 3.8) is 0 Å². The van der Waals surface area contributed by atoms with Crippen LogP contribution in [0, 0.1) is 0 Å². The van der Waals surface area contributed by atoms with E-state index >= 15 is 0 Å². The monoisotopic (exact) mass is 253 g/mol. The minimum Gasteiger partial charge on any atom is -0.370 e. The van der Waals surface area contributed by atoms with Gasteiger partial charge in [-0.2, -0.15) is 0 Å². The predicted molar refractivity (Wildman–Crippen MR) is 74.5 cm³/mol. The Kier molecular flexibility index (Phi) is 4.82. The maximum Gasteiger partial charge on any atom is 0.188 e. The molecule has 0 fully saturated rings. The van der Waals surface area contributed by atoms with Gasteiger partial charge in [-0.25, -0.2) is 0 Å². The van der Waals surface area contributed by atoms with Gasteiger partial charge in [-0.15, -0.1) is 0 Å². The van der Waals surface area contributed by atoms with Crippen molar-refractivity contribution in [1.82, 2.24) is 5.32 Å². The fraction of sp³-hybridized carbons (Fsp3) is 0.462. The molecule has 94 valence electrons. The van der Waals surface area contributed by atoms with Crippen LogP contribution in [0.15, 0.2) is 29.3 Å². The molecule has 0 spiro atoms. The summed E-state index contributed by atoms with van der Waals surface area (Å²) in [7, 11) is 0. The maximum absolute atomic E-state index is 5.90. The second kappa shape index (κ2) is 5.92. The Bertz CT molecular complexity index is 394. The summed E-state index contributed by atoms with van der Waals surface area (Å²) in [5.74, 6) is 0.486. The molecule has 0 heterocycles. The number of aliphatic imine (C=N–C) groups is 1. The predicted octanol–water partition coefficient (Wildman–Crippen LogP) is 2.59. The zero-order valence-corrected chi connectivity index (χ0v) is 11.4. The second-order valence-corrected chi connectivity index (χ2v) is 5.46. The van der Waals surface area contributed by atoms with Gasteiger partial charge in [0.15, 0.2) is 5.96 Å². The molecule has 1 rings (SSSR count). The Morgan fingerprint density at radius 2 is 2.12 bits per heavy atom. The van der Waals surface area contributed by atoms with Crippen LogP contribution in [0.4, 0.5) is 0 Å². The van der Waals surface area contributed by atoms with Crippen molar-refractivity contribution in [1.29, 1.82) is 0 Å². The Labute approximate surface area is 108 Å². The summed E-state index contributed by atoms with van der Waals surface area (Å²) >= 11 is 5.90. The van der Waals surface area contributed by atoms with Crippen molar-refractivity contribution in [3.05, 3.63) is 34.9 Å². The van der Waals surface area contributed by atoms with Crippen LogP contribution in [0.25, 0.3) is 0 Å². The van der Waals surface area contributed by atoms with Crippen LogP contribution in [0.2, 0.25) is 5.02 Å². The number of guanidine groups is 1. The molecule has 3 nitrogen and oxygen atoms in total. The zero-order valence-electron chi connectivity index (χ0n) is 10.6. The molecule has 1 aromatic rings. The Hall–Kier alpha value is -1.22. The zero-order chi connectivity index (χ0) is 12.9. The summed E-state index contributed by atoms with van der Waals surface area (Å²) in [5.41, 5.74) is 6.89. The van der Waals surface area contributed by atoms with Gasteiger partial charge in [0.25, 0.3) is 0 Å². The standard InChI is InChI=1S/C13H20ClN3/c1-13(2,3)17-12(15)16-8-7-10-5-4-6-11(14)9-10/h4-6,9H,7-8H2,1-3H3,(H3,15,16,17). The third-order valence-corrected chi connectivity index (χ3v) is 2.31. The number of nitrogens with one attached hydrogen (secondary N) is 1. The van der Waals surface area contributed by atoms with E-state index in [1.807, 2.05) is 45.0 Å². The van der Waals surface area contributed by atoms with Gasteiger partial charge in [-0.05, 0) is 44.9 Å². The molecule has 0 aliphatic rings. The highest BCUT2D eigenvalue weighted by molar-refractivity contribution is 6.30. The lowest BCUT2D eigenvalue weighted by atomic mass is 10.1. The van der Waals surface area contributed by atoms with Crippen LogP contribution in [0.1, 0.15) is 26.3 Å². The highest BCUT2D eigenvalue weighted by Gasteiger charge is 2.09. The lowest BCUT2D eigenvalue weighted by molar-refractivity contribution is 0.508. The molecule has 0 aromatic heterocycles. The number of hydrogen-bond donors (Lipinski definition) is 2. The van der Waals surface area contributed by atoms with E-state index in [0.29, 0.717) is 12.5 Å². The lowest BCUT2D eigenvalue weighted by Gasteiger charge is -2.20. The van der Waals surface area contributed by atoms with E-state index in [0.717, 1.165) is 11.4 Å². The molecule has 3 N–H and O–H groups in total. The molecular formula is C13H20ClN3. The van der Waals surface area contributed by atoms with Gasteiger partial charge in [0, 0.05) is 17.1 Å². The molecule has 0 aliphatic heterocycles. The summed E-state index contributed by atoms with van der Waals surface area (Å²) < 4.78 is 0. The van der Waals surface area contributed by atoms with Gasteiger partial charge in [0.1, 0.15) is 0 Å². The van der Waals surface area contributed by atoms with E-state index in [-0.39, 0.29) is 5.54 Å². The second-order valence-electron chi connectivity index (χ2n) is 5.02. The summed E-state index contributed by atoms with van der Waals surface area (Å²) in [6, 6.07) is 7.79. The minimum atomic E-state index is -0.0519. The SMILES string of the molecule is CC(C)(C)NC(N)=NCCc1cccc(Cl)c1. The quantitative estimate of drug-likeness (QED) is 0.643. The molecule has 0 saturated carbocycles. The van der Waals surface area contributed by atoms with E-state index < -0.39 is 0 Å². The molecule has 17 heavy (non-hydrogen) atoms. The van der Waals surface area contributed by atoms with Gasteiger partial charge >= 0.3 is 0 Å². The van der Waals surface area contributed by atoms with Gasteiger partial charge in [-0.1, -0.05) is 23.7 Å². The van der Waals surface area contributed by atoms with Crippen LogP contribution in [-0.4, -0.2) is 18.0 Å². The summed E-state index contributed by atoms with van der Waals surface area (Å²) in [6.07, 6.45) is 0.840. The molecule has 0 aliphatic carbocycles.